The Morgan fingerprint density at radius 3 is 2.32 bits per heavy atom. The van der Waals surface area contributed by atoms with Crippen LogP contribution < -0.4 is 0 Å². The van der Waals surface area contributed by atoms with E-state index in [4.69, 9.17) is 4.99 Å². The normalized spacial score (nSPS) is 26.0. The van der Waals surface area contributed by atoms with E-state index >= 15 is 0 Å². The van der Waals surface area contributed by atoms with Crippen LogP contribution in [0.1, 0.15) is 12.5 Å². The third-order valence-corrected chi connectivity index (χ3v) is 6.00. The molecule has 8 nitrogen and oxygen atoms in total. The first kappa shape index (κ1) is 18.7. The lowest BCUT2D eigenvalue weighted by Crippen LogP contribution is -2.64. The van der Waals surface area contributed by atoms with Crippen LogP contribution in [0.3, 0.4) is 0 Å². The molecule has 150 valence electrons. The van der Waals surface area contributed by atoms with Crippen molar-refractivity contribution in [2.45, 2.75) is 25.7 Å². The number of likely N-dealkylation sites (N-methyl/N-ethyl adjacent to an activating group) is 3. The molecule has 2 saturated heterocycles. The SMILES string of the molecule is CCN1CCN(C2=NC3C(C(=O)N(Cc4ccccc4)C(=O)N3C)N2C)CC1. The first-order valence-electron chi connectivity index (χ1n) is 9.91. The third-order valence-electron chi connectivity index (χ3n) is 6.00. The third kappa shape index (κ3) is 3.11. The summed E-state index contributed by atoms with van der Waals surface area (Å²) in [6.07, 6.45) is -0.462. The van der Waals surface area contributed by atoms with Crippen LogP contribution in [0.25, 0.3) is 0 Å². The lowest BCUT2D eigenvalue weighted by atomic mass is 10.1. The highest BCUT2D eigenvalue weighted by atomic mass is 16.2. The molecule has 3 amide bonds. The van der Waals surface area contributed by atoms with Crippen molar-refractivity contribution in [3.63, 3.8) is 0 Å². The minimum absolute atomic E-state index is 0.176. The fourth-order valence-electron chi connectivity index (χ4n) is 4.23. The summed E-state index contributed by atoms with van der Waals surface area (Å²) < 4.78 is 0. The van der Waals surface area contributed by atoms with Crippen LogP contribution in [0.4, 0.5) is 4.79 Å². The van der Waals surface area contributed by atoms with Gasteiger partial charge in [0.05, 0.1) is 6.54 Å². The molecular weight excluding hydrogens is 356 g/mol. The summed E-state index contributed by atoms with van der Waals surface area (Å²) in [5.41, 5.74) is 0.938. The van der Waals surface area contributed by atoms with Crippen LogP contribution in [-0.2, 0) is 11.3 Å². The van der Waals surface area contributed by atoms with Gasteiger partial charge in [-0.25, -0.2) is 9.79 Å². The van der Waals surface area contributed by atoms with Crippen LogP contribution in [0.15, 0.2) is 35.3 Å². The Morgan fingerprint density at radius 1 is 1.00 bits per heavy atom. The molecule has 0 aromatic heterocycles. The highest BCUT2D eigenvalue weighted by Gasteiger charge is 2.51. The topological polar surface area (TPSA) is 62.7 Å². The summed E-state index contributed by atoms with van der Waals surface area (Å²) in [5, 5.41) is 0. The molecule has 1 aromatic rings. The summed E-state index contributed by atoms with van der Waals surface area (Å²) in [6, 6.07) is 8.86. The molecule has 3 heterocycles. The molecule has 4 rings (SSSR count). The maximum absolute atomic E-state index is 13.2. The van der Waals surface area contributed by atoms with Crippen molar-refractivity contribution in [1.82, 2.24) is 24.5 Å². The molecule has 0 N–H and O–H groups in total. The highest BCUT2D eigenvalue weighted by Crippen LogP contribution is 2.29. The average Bonchev–Trinajstić information content (AvgIpc) is 3.08. The molecule has 2 atom stereocenters. The number of fused-ring (bicyclic) bond motifs is 1. The molecule has 0 spiro atoms. The number of urea groups is 1. The van der Waals surface area contributed by atoms with E-state index in [0.717, 1.165) is 44.2 Å². The fourth-order valence-corrected chi connectivity index (χ4v) is 4.23. The number of carbonyl (C=O) groups excluding carboxylic acids is 2. The number of nitrogens with zero attached hydrogens (tertiary/aromatic N) is 6. The minimum Gasteiger partial charge on any atom is -0.340 e. The summed E-state index contributed by atoms with van der Waals surface area (Å²) in [6.45, 7) is 7.25. The van der Waals surface area contributed by atoms with Crippen LogP contribution in [0.2, 0.25) is 0 Å². The predicted octanol–water partition coefficient (Wildman–Crippen LogP) is 0.714. The number of amides is 3. The Balaban J connectivity index is 1.54. The molecule has 0 aliphatic carbocycles. The average molecular weight is 384 g/mol. The van der Waals surface area contributed by atoms with E-state index in [-0.39, 0.29) is 18.5 Å². The second-order valence-corrected chi connectivity index (χ2v) is 7.62. The molecular formula is C20H28N6O2. The lowest BCUT2D eigenvalue weighted by Gasteiger charge is -2.41. The summed E-state index contributed by atoms with van der Waals surface area (Å²) in [5.74, 6) is 0.644. The highest BCUT2D eigenvalue weighted by molar-refractivity contribution is 6.03. The maximum Gasteiger partial charge on any atom is 0.328 e. The van der Waals surface area contributed by atoms with E-state index in [1.54, 1.807) is 11.9 Å². The zero-order valence-corrected chi connectivity index (χ0v) is 16.8. The number of imide groups is 1. The molecule has 3 aliphatic heterocycles. The largest absolute Gasteiger partial charge is 0.340 e. The maximum atomic E-state index is 13.2. The quantitative estimate of drug-likeness (QED) is 0.768. The first-order valence-corrected chi connectivity index (χ1v) is 9.91. The number of carbonyl (C=O) groups is 2. The number of hydrogen-bond acceptors (Lipinski definition) is 6. The zero-order chi connectivity index (χ0) is 19.8. The monoisotopic (exact) mass is 384 g/mol. The summed E-state index contributed by atoms with van der Waals surface area (Å²) in [7, 11) is 3.65. The van der Waals surface area contributed by atoms with Crippen molar-refractivity contribution in [3.8, 4) is 0 Å². The van der Waals surface area contributed by atoms with Gasteiger partial charge in [0.25, 0.3) is 5.91 Å². The van der Waals surface area contributed by atoms with Gasteiger partial charge in [-0.2, -0.15) is 0 Å². The predicted molar refractivity (Wildman–Crippen MR) is 107 cm³/mol. The van der Waals surface area contributed by atoms with Gasteiger partial charge in [-0.15, -0.1) is 0 Å². The van der Waals surface area contributed by atoms with Gasteiger partial charge in [0.2, 0.25) is 0 Å². The van der Waals surface area contributed by atoms with E-state index in [2.05, 4.69) is 16.7 Å². The Morgan fingerprint density at radius 2 is 1.68 bits per heavy atom. The van der Waals surface area contributed by atoms with E-state index in [0.29, 0.717) is 0 Å². The van der Waals surface area contributed by atoms with Crippen molar-refractivity contribution >= 4 is 17.9 Å². The molecule has 2 unspecified atom stereocenters. The lowest BCUT2D eigenvalue weighted by molar-refractivity contribution is -0.137. The van der Waals surface area contributed by atoms with Gasteiger partial charge in [0, 0.05) is 40.3 Å². The number of hydrogen-bond donors (Lipinski definition) is 0. The molecule has 3 aliphatic rings. The van der Waals surface area contributed by atoms with Gasteiger partial charge in [0.1, 0.15) is 0 Å². The zero-order valence-electron chi connectivity index (χ0n) is 16.8. The van der Waals surface area contributed by atoms with Crippen LogP contribution in [0.5, 0.6) is 0 Å². The van der Waals surface area contributed by atoms with E-state index in [9.17, 15) is 9.59 Å². The van der Waals surface area contributed by atoms with Gasteiger partial charge < -0.3 is 19.6 Å². The first-order chi connectivity index (χ1) is 13.5. The van der Waals surface area contributed by atoms with Crippen molar-refractivity contribution in [3.05, 3.63) is 35.9 Å². The summed E-state index contributed by atoms with van der Waals surface area (Å²) >= 11 is 0. The van der Waals surface area contributed by atoms with Crippen LogP contribution in [-0.4, -0.2) is 101 Å². The van der Waals surface area contributed by atoms with Crippen molar-refractivity contribution in [2.24, 2.45) is 4.99 Å². The molecule has 28 heavy (non-hydrogen) atoms. The summed E-state index contributed by atoms with van der Waals surface area (Å²) in [4.78, 5) is 40.5. The van der Waals surface area contributed by atoms with Crippen LogP contribution >= 0.6 is 0 Å². The van der Waals surface area contributed by atoms with Gasteiger partial charge in [-0.3, -0.25) is 9.69 Å². The number of aliphatic imine (C=N–C) groups is 1. The number of piperazine rings is 1. The molecule has 0 radical (unpaired) electrons. The fraction of sp³-hybridized carbons (Fsp3) is 0.550. The van der Waals surface area contributed by atoms with Crippen molar-refractivity contribution in [1.29, 1.82) is 0 Å². The number of rotatable bonds is 3. The Hall–Kier alpha value is -2.61. The number of guanidine groups is 1. The second kappa shape index (κ2) is 7.43. The molecule has 2 fully saturated rings. The van der Waals surface area contributed by atoms with E-state index < -0.39 is 12.2 Å². The van der Waals surface area contributed by atoms with E-state index in [1.165, 1.54) is 4.90 Å². The number of benzene rings is 1. The minimum atomic E-state index is -0.467. The molecule has 0 bridgehead atoms. The van der Waals surface area contributed by atoms with Gasteiger partial charge in [-0.1, -0.05) is 37.3 Å². The van der Waals surface area contributed by atoms with Gasteiger partial charge in [-0.05, 0) is 12.1 Å². The smallest absolute Gasteiger partial charge is 0.328 e. The van der Waals surface area contributed by atoms with Crippen molar-refractivity contribution in [2.75, 3.05) is 46.8 Å². The van der Waals surface area contributed by atoms with E-state index in [1.807, 2.05) is 42.3 Å². The standard InChI is InChI=1S/C20H28N6O2/c1-4-24-10-12-25(13-11-24)19-21-17-16(22(19)2)18(27)26(20(28)23(17)3)14-15-8-6-5-7-9-15/h5-9,16-17H,4,10-14H2,1-3H3. The Kier molecular flexibility index (Phi) is 4.97. The molecule has 1 aromatic carbocycles. The van der Waals surface area contributed by atoms with Crippen molar-refractivity contribution < 1.29 is 9.59 Å². The molecule has 8 heteroatoms. The Labute approximate surface area is 166 Å². The Bertz CT molecular complexity index is 774. The van der Waals surface area contributed by atoms with Gasteiger partial charge >= 0.3 is 6.03 Å². The van der Waals surface area contributed by atoms with Gasteiger partial charge in [0.15, 0.2) is 18.2 Å². The van der Waals surface area contributed by atoms with Crippen LogP contribution in [0, 0.1) is 0 Å². The second-order valence-electron chi connectivity index (χ2n) is 7.62. The molecule has 0 saturated carbocycles.